The van der Waals surface area contributed by atoms with Crippen molar-refractivity contribution in [3.8, 4) is 0 Å². The lowest BCUT2D eigenvalue weighted by molar-refractivity contribution is -0.384. The predicted molar refractivity (Wildman–Crippen MR) is 157 cm³/mol. The van der Waals surface area contributed by atoms with Gasteiger partial charge in [-0.2, -0.15) is 0 Å². The molecular formula is C33H22ClN3O5. The number of nitro benzene ring substituents is 1. The van der Waals surface area contributed by atoms with Crippen LogP contribution in [0, 0.1) is 16.0 Å². The minimum absolute atomic E-state index is 0.0813. The Labute approximate surface area is 245 Å². The van der Waals surface area contributed by atoms with Crippen molar-refractivity contribution in [2.75, 3.05) is 5.32 Å². The molecule has 4 aromatic rings. The number of amides is 1. The summed E-state index contributed by atoms with van der Waals surface area (Å²) in [6.07, 6.45) is 3.62. The summed E-state index contributed by atoms with van der Waals surface area (Å²) in [6.45, 7) is 0. The van der Waals surface area contributed by atoms with Crippen LogP contribution in [0.1, 0.15) is 43.4 Å². The van der Waals surface area contributed by atoms with Crippen LogP contribution in [0.5, 0.6) is 0 Å². The van der Waals surface area contributed by atoms with E-state index in [9.17, 15) is 24.5 Å². The van der Waals surface area contributed by atoms with Gasteiger partial charge in [-0.1, -0.05) is 66.2 Å². The minimum atomic E-state index is -1.49. The first-order valence-corrected chi connectivity index (χ1v) is 13.7. The first kappa shape index (κ1) is 25.9. The van der Waals surface area contributed by atoms with Crippen LogP contribution in [-0.4, -0.2) is 33.3 Å². The Hall–Kier alpha value is -5.08. The zero-order chi connectivity index (χ0) is 29.2. The number of non-ortho nitro benzene ring substituents is 1. The SMILES string of the molecule is O=C(c1cccc([N+](=O)[O-])c1)[C@@H]1[C@@H](C(=O)c2ccc(Cl)cc2)[C@@]2(C(=O)Nc3ccccc32)[C@H]2c3ccccc3C=CN12. The third kappa shape index (κ3) is 3.58. The molecule has 1 amide bonds. The molecule has 0 unspecified atom stereocenters. The highest BCUT2D eigenvalue weighted by Crippen LogP contribution is 2.62. The maximum absolute atomic E-state index is 14.7. The normalized spacial score (nSPS) is 23.2. The Kier molecular flexibility index (Phi) is 5.85. The summed E-state index contributed by atoms with van der Waals surface area (Å²) in [4.78, 5) is 56.5. The topological polar surface area (TPSA) is 110 Å². The van der Waals surface area contributed by atoms with E-state index in [0.29, 0.717) is 21.8 Å². The molecule has 9 heteroatoms. The Bertz CT molecular complexity index is 1850. The van der Waals surface area contributed by atoms with Crippen molar-refractivity contribution < 1.29 is 19.3 Å². The number of carbonyl (C=O) groups is 3. The van der Waals surface area contributed by atoms with Crippen molar-refractivity contribution in [3.63, 3.8) is 0 Å². The van der Waals surface area contributed by atoms with Gasteiger partial charge in [0.15, 0.2) is 11.6 Å². The third-order valence-corrected chi connectivity index (χ3v) is 8.84. The number of fused-ring (bicyclic) bond motifs is 6. The van der Waals surface area contributed by atoms with Gasteiger partial charge in [-0.15, -0.1) is 0 Å². The second-order valence-corrected chi connectivity index (χ2v) is 11.1. The highest BCUT2D eigenvalue weighted by Gasteiger charge is 2.70. The molecule has 0 aromatic heterocycles. The van der Waals surface area contributed by atoms with Crippen molar-refractivity contribution in [2.45, 2.75) is 17.5 Å². The smallest absolute Gasteiger partial charge is 0.270 e. The van der Waals surface area contributed by atoms with E-state index in [2.05, 4.69) is 5.32 Å². The van der Waals surface area contributed by atoms with E-state index in [-0.39, 0.29) is 17.2 Å². The molecule has 4 atom stereocenters. The number of halogens is 1. The number of nitrogens with one attached hydrogen (secondary N) is 1. The summed E-state index contributed by atoms with van der Waals surface area (Å²) in [5, 5.41) is 15.0. The van der Waals surface area contributed by atoms with Crippen LogP contribution in [0.15, 0.2) is 103 Å². The number of para-hydroxylation sites is 1. The van der Waals surface area contributed by atoms with E-state index < -0.39 is 39.9 Å². The third-order valence-electron chi connectivity index (χ3n) is 8.59. The van der Waals surface area contributed by atoms with Crippen molar-refractivity contribution >= 4 is 46.5 Å². The highest BCUT2D eigenvalue weighted by atomic mass is 35.5. The van der Waals surface area contributed by atoms with E-state index in [1.165, 1.54) is 24.3 Å². The first-order valence-electron chi connectivity index (χ1n) is 13.4. The lowest BCUT2D eigenvalue weighted by atomic mass is 9.62. The van der Waals surface area contributed by atoms with Crippen molar-refractivity contribution in [1.82, 2.24) is 4.90 Å². The first-order chi connectivity index (χ1) is 20.3. The lowest BCUT2D eigenvalue weighted by Crippen LogP contribution is -2.49. The van der Waals surface area contributed by atoms with Gasteiger partial charge in [0.25, 0.3) is 5.69 Å². The lowest BCUT2D eigenvalue weighted by Gasteiger charge is -2.38. The number of rotatable bonds is 5. The Morgan fingerprint density at radius 2 is 1.62 bits per heavy atom. The molecule has 3 heterocycles. The summed E-state index contributed by atoms with van der Waals surface area (Å²) in [5.41, 5.74) is 1.52. The second kappa shape index (κ2) is 9.49. The second-order valence-electron chi connectivity index (χ2n) is 10.6. The number of nitro groups is 1. The van der Waals surface area contributed by atoms with Gasteiger partial charge < -0.3 is 10.2 Å². The van der Waals surface area contributed by atoms with Gasteiger partial charge in [0.1, 0.15) is 11.5 Å². The van der Waals surface area contributed by atoms with Gasteiger partial charge >= 0.3 is 0 Å². The molecule has 0 saturated carbocycles. The predicted octanol–water partition coefficient (Wildman–Crippen LogP) is 6.23. The van der Waals surface area contributed by atoms with Crippen molar-refractivity contribution in [2.24, 2.45) is 5.92 Å². The van der Waals surface area contributed by atoms with Crippen molar-refractivity contribution in [3.05, 3.63) is 146 Å². The van der Waals surface area contributed by atoms with Crippen molar-refractivity contribution in [1.29, 1.82) is 0 Å². The average molecular weight is 576 g/mol. The molecule has 1 saturated heterocycles. The van der Waals surface area contributed by atoms with Gasteiger partial charge in [-0.25, -0.2) is 0 Å². The number of carbonyl (C=O) groups excluding carboxylic acids is 3. The molecular weight excluding hydrogens is 554 g/mol. The number of hydrogen-bond donors (Lipinski definition) is 1. The van der Waals surface area contributed by atoms with Gasteiger partial charge in [-0.3, -0.25) is 24.5 Å². The number of nitrogens with zero attached hydrogens (tertiary/aromatic N) is 2. The van der Waals surface area contributed by atoms with E-state index in [4.69, 9.17) is 11.6 Å². The van der Waals surface area contributed by atoms with E-state index in [0.717, 1.165) is 11.1 Å². The van der Waals surface area contributed by atoms with Crippen LogP contribution in [-0.2, 0) is 10.2 Å². The highest BCUT2D eigenvalue weighted by molar-refractivity contribution is 6.30. The van der Waals surface area contributed by atoms with E-state index >= 15 is 0 Å². The molecule has 8 nitrogen and oxygen atoms in total. The molecule has 1 spiro atoms. The molecule has 4 aromatic carbocycles. The number of anilines is 1. The monoisotopic (exact) mass is 575 g/mol. The molecule has 42 heavy (non-hydrogen) atoms. The fourth-order valence-electron chi connectivity index (χ4n) is 6.90. The number of ketones is 2. The fraction of sp³-hybridized carbons (Fsp3) is 0.121. The van der Waals surface area contributed by atoms with Gasteiger partial charge in [-0.05, 0) is 53.1 Å². The van der Waals surface area contributed by atoms with Gasteiger partial charge in [0, 0.05) is 40.2 Å². The minimum Gasteiger partial charge on any atom is -0.358 e. The molecule has 0 aliphatic carbocycles. The summed E-state index contributed by atoms with van der Waals surface area (Å²) in [7, 11) is 0. The van der Waals surface area contributed by atoms with Crippen LogP contribution in [0.3, 0.4) is 0 Å². The summed E-state index contributed by atoms with van der Waals surface area (Å²) in [5.74, 6) is -2.46. The Morgan fingerprint density at radius 3 is 2.40 bits per heavy atom. The van der Waals surface area contributed by atoms with Gasteiger partial charge in [0.2, 0.25) is 5.91 Å². The molecule has 1 N–H and O–H groups in total. The Morgan fingerprint density at radius 1 is 0.881 bits per heavy atom. The molecule has 3 aliphatic heterocycles. The molecule has 1 fully saturated rings. The quantitative estimate of drug-likeness (QED) is 0.172. The molecule has 7 rings (SSSR count). The van der Waals surface area contributed by atoms with Crippen LogP contribution in [0.25, 0.3) is 6.08 Å². The number of Topliss-reactive ketones (excluding diaryl/α,β-unsaturated/α-hetero) is 2. The van der Waals surface area contributed by atoms with Crippen LogP contribution in [0.4, 0.5) is 11.4 Å². The maximum Gasteiger partial charge on any atom is 0.270 e. The maximum atomic E-state index is 14.7. The zero-order valence-electron chi connectivity index (χ0n) is 21.9. The number of benzene rings is 4. The van der Waals surface area contributed by atoms with Crippen LogP contribution < -0.4 is 5.32 Å². The summed E-state index contributed by atoms with van der Waals surface area (Å²) in [6, 6.07) is 24.8. The van der Waals surface area contributed by atoms with Crippen LogP contribution in [0.2, 0.25) is 5.02 Å². The fourth-order valence-corrected chi connectivity index (χ4v) is 7.03. The molecule has 0 radical (unpaired) electrons. The molecule has 3 aliphatic rings. The summed E-state index contributed by atoms with van der Waals surface area (Å²) >= 11 is 6.14. The van der Waals surface area contributed by atoms with Gasteiger partial charge in [0.05, 0.1) is 16.9 Å². The molecule has 0 bridgehead atoms. The zero-order valence-corrected chi connectivity index (χ0v) is 22.7. The van der Waals surface area contributed by atoms with E-state index in [1.54, 1.807) is 47.5 Å². The number of hydrogen-bond acceptors (Lipinski definition) is 6. The van der Waals surface area contributed by atoms with E-state index in [1.807, 2.05) is 42.5 Å². The largest absolute Gasteiger partial charge is 0.358 e. The summed E-state index contributed by atoms with van der Waals surface area (Å²) < 4.78 is 0. The van der Waals surface area contributed by atoms with Crippen LogP contribution >= 0.6 is 11.6 Å². The standard InChI is InChI=1S/C33H22ClN3O5/c34-22-14-12-20(13-15-22)29(38)27-28(30(39)21-7-5-8-23(18-21)37(41)42)36-17-16-19-6-1-2-9-24(19)31(36)33(27)25-10-3-4-11-26(25)35-32(33)40/h1-18,27-28,31H,(H,35,40)/t27-,28-,31+,33+/m0/s1. The molecule has 206 valence electrons. The average Bonchev–Trinajstić information content (AvgIpc) is 3.49. The Balaban J connectivity index is 1.53.